The average Bonchev–Trinajstić information content (AvgIpc) is 2.69. The van der Waals surface area contributed by atoms with Gasteiger partial charge in [0.2, 0.25) is 5.88 Å². The van der Waals surface area contributed by atoms with Crippen LogP contribution in [0.25, 0.3) is 0 Å². The molecule has 0 saturated carbocycles. The number of hydrogen-bond donors (Lipinski definition) is 1. The van der Waals surface area contributed by atoms with Crippen LogP contribution in [-0.4, -0.2) is 24.2 Å². The first kappa shape index (κ1) is 9.74. The number of halogens is 1. The molecule has 1 aromatic heterocycles. The van der Waals surface area contributed by atoms with E-state index >= 15 is 0 Å². The lowest BCUT2D eigenvalue weighted by molar-refractivity contribution is 0.268. The Morgan fingerprint density at radius 2 is 2.57 bits per heavy atom. The Bertz CT molecular complexity index is 300. The van der Waals surface area contributed by atoms with Gasteiger partial charge in [0.1, 0.15) is 11.6 Å². The molecule has 2 rings (SSSR count). The Hall–Kier alpha value is -0.800. The summed E-state index contributed by atoms with van der Waals surface area (Å²) in [6.45, 7) is 1.74. The van der Waals surface area contributed by atoms with Crippen molar-refractivity contribution in [2.45, 2.75) is 18.9 Å². The van der Waals surface area contributed by atoms with Gasteiger partial charge in [-0.2, -0.15) is 0 Å². The zero-order valence-electron chi connectivity index (χ0n) is 7.87. The maximum absolute atomic E-state index is 5.90. The minimum atomic E-state index is 0.452. The number of hydrogen-bond acceptors (Lipinski definition) is 3. The molecule has 2 heterocycles. The highest BCUT2D eigenvalue weighted by Crippen LogP contribution is 2.20. The second-order valence-corrected chi connectivity index (χ2v) is 3.80. The molecule has 0 bridgehead atoms. The van der Waals surface area contributed by atoms with Crippen molar-refractivity contribution in [3.8, 4) is 5.88 Å². The molecule has 0 amide bonds. The highest BCUT2D eigenvalue weighted by Gasteiger charge is 2.15. The maximum atomic E-state index is 5.90. The molecule has 1 N–H and O–H groups in total. The Balaban J connectivity index is 1.88. The van der Waals surface area contributed by atoms with Crippen molar-refractivity contribution in [1.82, 2.24) is 10.3 Å². The van der Waals surface area contributed by atoms with Gasteiger partial charge in [0.25, 0.3) is 0 Å². The molecule has 1 aromatic rings. The van der Waals surface area contributed by atoms with Gasteiger partial charge in [-0.1, -0.05) is 11.6 Å². The van der Waals surface area contributed by atoms with E-state index in [1.165, 1.54) is 12.8 Å². The van der Waals surface area contributed by atoms with E-state index in [-0.39, 0.29) is 0 Å². The molecule has 0 aliphatic carbocycles. The Labute approximate surface area is 88.4 Å². The van der Waals surface area contributed by atoms with E-state index in [0.717, 1.165) is 6.54 Å². The molecule has 1 unspecified atom stereocenters. The number of nitrogens with zero attached hydrogens (tertiary/aromatic N) is 1. The summed E-state index contributed by atoms with van der Waals surface area (Å²) < 4.78 is 5.52. The van der Waals surface area contributed by atoms with Gasteiger partial charge in [-0.25, -0.2) is 4.98 Å². The molecule has 0 aromatic carbocycles. The van der Waals surface area contributed by atoms with Crippen molar-refractivity contribution < 1.29 is 4.74 Å². The van der Waals surface area contributed by atoms with Crippen LogP contribution < -0.4 is 10.1 Å². The number of nitrogens with one attached hydrogen (secondary N) is 1. The lowest BCUT2D eigenvalue weighted by atomic mass is 10.2. The summed E-state index contributed by atoms with van der Waals surface area (Å²) in [6.07, 6.45) is 4.08. The molecule has 0 radical (unpaired) electrons. The molecule has 1 aliphatic rings. The van der Waals surface area contributed by atoms with Gasteiger partial charge in [0.05, 0.1) is 0 Å². The molecular weight excluding hydrogens is 200 g/mol. The summed E-state index contributed by atoms with van der Waals surface area (Å²) >= 11 is 5.90. The van der Waals surface area contributed by atoms with Gasteiger partial charge in [-0.15, -0.1) is 0 Å². The van der Waals surface area contributed by atoms with Crippen molar-refractivity contribution in [2.24, 2.45) is 0 Å². The minimum absolute atomic E-state index is 0.452. The van der Waals surface area contributed by atoms with Gasteiger partial charge < -0.3 is 10.1 Å². The van der Waals surface area contributed by atoms with E-state index in [9.17, 15) is 0 Å². The fourth-order valence-corrected chi connectivity index (χ4v) is 1.73. The van der Waals surface area contributed by atoms with Crippen LogP contribution in [0.4, 0.5) is 0 Å². The summed E-state index contributed by atoms with van der Waals surface area (Å²) in [5.41, 5.74) is 0. The largest absolute Gasteiger partial charge is 0.475 e. The summed E-state index contributed by atoms with van der Waals surface area (Å²) in [4.78, 5) is 4.06. The number of pyridine rings is 1. The first-order valence-corrected chi connectivity index (χ1v) is 5.21. The lowest BCUT2D eigenvalue weighted by Gasteiger charge is -2.11. The normalized spacial score (nSPS) is 21.1. The van der Waals surface area contributed by atoms with Gasteiger partial charge in [0.15, 0.2) is 0 Å². The van der Waals surface area contributed by atoms with E-state index in [4.69, 9.17) is 16.3 Å². The molecule has 4 heteroatoms. The fourth-order valence-electron chi connectivity index (χ4n) is 1.56. The first-order chi connectivity index (χ1) is 6.86. The van der Waals surface area contributed by atoms with Crippen molar-refractivity contribution >= 4 is 11.6 Å². The van der Waals surface area contributed by atoms with Crippen LogP contribution in [0.2, 0.25) is 5.02 Å². The number of aromatic nitrogens is 1. The zero-order valence-corrected chi connectivity index (χ0v) is 8.63. The summed E-state index contributed by atoms with van der Waals surface area (Å²) in [5.74, 6) is 0.530. The van der Waals surface area contributed by atoms with Crippen LogP contribution in [0.1, 0.15) is 12.8 Å². The summed E-state index contributed by atoms with van der Waals surface area (Å²) in [7, 11) is 0. The predicted octanol–water partition coefficient (Wildman–Crippen LogP) is 1.87. The molecule has 3 nitrogen and oxygen atoms in total. The Morgan fingerprint density at radius 1 is 1.64 bits per heavy atom. The molecular formula is C10H13ClN2O. The maximum Gasteiger partial charge on any atom is 0.232 e. The lowest BCUT2D eigenvalue weighted by Crippen LogP contribution is -2.28. The smallest absolute Gasteiger partial charge is 0.232 e. The van der Waals surface area contributed by atoms with Crippen LogP contribution >= 0.6 is 11.6 Å². The van der Waals surface area contributed by atoms with Crippen LogP contribution in [0.5, 0.6) is 5.88 Å². The topological polar surface area (TPSA) is 34.1 Å². The van der Waals surface area contributed by atoms with Crippen molar-refractivity contribution in [3.63, 3.8) is 0 Å². The highest BCUT2D eigenvalue weighted by atomic mass is 35.5. The Morgan fingerprint density at radius 3 is 3.29 bits per heavy atom. The SMILES string of the molecule is Clc1cccnc1OCC1CCCN1. The second-order valence-electron chi connectivity index (χ2n) is 3.39. The van der Waals surface area contributed by atoms with Crippen LogP contribution in [0, 0.1) is 0 Å². The molecule has 1 saturated heterocycles. The third-order valence-electron chi connectivity index (χ3n) is 2.31. The third-order valence-corrected chi connectivity index (χ3v) is 2.60. The van der Waals surface area contributed by atoms with Crippen LogP contribution in [0.3, 0.4) is 0 Å². The first-order valence-electron chi connectivity index (χ1n) is 4.83. The molecule has 14 heavy (non-hydrogen) atoms. The second kappa shape index (κ2) is 4.62. The van der Waals surface area contributed by atoms with E-state index in [2.05, 4.69) is 10.3 Å². The fraction of sp³-hybridized carbons (Fsp3) is 0.500. The van der Waals surface area contributed by atoms with E-state index in [1.54, 1.807) is 18.3 Å². The quantitative estimate of drug-likeness (QED) is 0.831. The number of rotatable bonds is 3. The van der Waals surface area contributed by atoms with E-state index in [0.29, 0.717) is 23.6 Å². The van der Waals surface area contributed by atoms with E-state index in [1.807, 2.05) is 0 Å². The highest BCUT2D eigenvalue weighted by molar-refractivity contribution is 6.31. The molecule has 1 fully saturated rings. The number of ether oxygens (including phenoxy) is 1. The van der Waals surface area contributed by atoms with Gasteiger partial charge >= 0.3 is 0 Å². The minimum Gasteiger partial charge on any atom is -0.475 e. The van der Waals surface area contributed by atoms with Gasteiger partial charge in [-0.3, -0.25) is 0 Å². The van der Waals surface area contributed by atoms with Gasteiger partial charge in [0, 0.05) is 12.2 Å². The molecule has 1 aliphatic heterocycles. The summed E-state index contributed by atoms with van der Waals surface area (Å²) in [6, 6.07) is 4.03. The Kier molecular flexibility index (Phi) is 3.22. The van der Waals surface area contributed by atoms with Crippen LogP contribution in [0.15, 0.2) is 18.3 Å². The summed E-state index contributed by atoms with van der Waals surface area (Å²) in [5, 5.41) is 3.92. The van der Waals surface area contributed by atoms with Crippen molar-refractivity contribution in [3.05, 3.63) is 23.4 Å². The molecule has 76 valence electrons. The molecule has 0 spiro atoms. The van der Waals surface area contributed by atoms with Gasteiger partial charge in [-0.05, 0) is 31.5 Å². The van der Waals surface area contributed by atoms with E-state index < -0.39 is 0 Å². The molecule has 1 atom stereocenters. The standard InChI is InChI=1S/C10H13ClN2O/c11-9-4-2-6-13-10(9)14-7-8-3-1-5-12-8/h2,4,6,8,12H,1,3,5,7H2. The third kappa shape index (κ3) is 2.36. The van der Waals surface area contributed by atoms with Crippen molar-refractivity contribution in [1.29, 1.82) is 0 Å². The zero-order chi connectivity index (χ0) is 9.80. The van der Waals surface area contributed by atoms with Crippen LogP contribution in [-0.2, 0) is 0 Å². The predicted molar refractivity (Wildman–Crippen MR) is 55.8 cm³/mol. The average molecular weight is 213 g/mol. The monoisotopic (exact) mass is 212 g/mol. The van der Waals surface area contributed by atoms with Crippen molar-refractivity contribution in [2.75, 3.05) is 13.2 Å².